The number of carbonyl (C=O) groups is 1. The molecule has 96 valence electrons. The Balaban J connectivity index is 0.00000144. The van der Waals surface area contributed by atoms with Crippen molar-refractivity contribution in [3.63, 3.8) is 0 Å². The van der Waals surface area contributed by atoms with Crippen molar-refractivity contribution in [2.24, 2.45) is 0 Å². The van der Waals surface area contributed by atoms with Crippen molar-refractivity contribution in [3.8, 4) is 0 Å². The fourth-order valence-electron chi connectivity index (χ4n) is 1.74. The number of thiophene rings is 1. The third kappa shape index (κ3) is 3.42. The summed E-state index contributed by atoms with van der Waals surface area (Å²) in [5.74, 6) is -0.0439. The topological polar surface area (TPSA) is 50.4 Å². The number of hydrogen-bond acceptors (Lipinski definition) is 4. The predicted molar refractivity (Wildman–Crippen MR) is 74.2 cm³/mol. The average molecular weight is 342 g/mol. The van der Waals surface area contributed by atoms with E-state index in [4.69, 9.17) is 4.74 Å². The highest BCUT2D eigenvalue weighted by molar-refractivity contribution is 9.10. The Kier molecular flexibility index (Phi) is 5.88. The van der Waals surface area contributed by atoms with Crippen molar-refractivity contribution in [1.29, 1.82) is 0 Å². The fraction of sp³-hybridized carbons (Fsp3) is 0.500. The summed E-state index contributed by atoms with van der Waals surface area (Å²) in [5, 5.41) is 8.06. The summed E-state index contributed by atoms with van der Waals surface area (Å²) in [6.07, 6.45) is 0.0580. The molecule has 0 aliphatic carbocycles. The first kappa shape index (κ1) is 14.9. The standard InChI is InChI=1S/C10H13BrN2O2S.ClH/c1-15-8-5-12-4-7(8)13-10(14)9-6(11)2-3-16-9;/h2-3,7-8,12H,4-5H2,1H3,(H,13,14);1H. The zero-order valence-electron chi connectivity index (χ0n) is 9.23. The third-order valence-electron chi connectivity index (χ3n) is 2.60. The van der Waals surface area contributed by atoms with Gasteiger partial charge in [-0.2, -0.15) is 0 Å². The Hall–Kier alpha value is -0.140. The Labute approximate surface area is 119 Å². The molecule has 2 N–H and O–H groups in total. The molecule has 1 aromatic heterocycles. The van der Waals surface area contributed by atoms with Gasteiger partial charge in [-0.05, 0) is 27.4 Å². The van der Waals surface area contributed by atoms with Crippen LogP contribution in [0.25, 0.3) is 0 Å². The maximum absolute atomic E-state index is 11.9. The minimum Gasteiger partial charge on any atom is -0.378 e. The summed E-state index contributed by atoms with van der Waals surface area (Å²) in [6.45, 7) is 1.54. The van der Waals surface area contributed by atoms with Crippen LogP contribution >= 0.6 is 39.7 Å². The monoisotopic (exact) mass is 340 g/mol. The van der Waals surface area contributed by atoms with Crippen LogP contribution in [0, 0.1) is 0 Å². The lowest BCUT2D eigenvalue weighted by molar-refractivity contribution is 0.0782. The number of halogens is 2. The van der Waals surface area contributed by atoms with Gasteiger partial charge in [-0.3, -0.25) is 4.79 Å². The zero-order chi connectivity index (χ0) is 11.5. The molecule has 0 bridgehead atoms. The number of amides is 1. The number of nitrogens with one attached hydrogen (secondary N) is 2. The molecule has 2 unspecified atom stereocenters. The average Bonchev–Trinajstić information content (AvgIpc) is 2.86. The van der Waals surface area contributed by atoms with Gasteiger partial charge < -0.3 is 15.4 Å². The highest BCUT2D eigenvalue weighted by Gasteiger charge is 2.29. The first-order chi connectivity index (χ1) is 7.72. The minimum atomic E-state index is -0.0439. The number of ether oxygens (including phenoxy) is 1. The van der Waals surface area contributed by atoms with Gasteiger partial charge in [0.25, 0.3) is 5.91 Å². The van der Waals surface area contributed by atoms with Crippen molar-refractivity contribution >= 4 is 45.6 Å². The Bertz CT molecular complexity index is 388. The van der Waals surface area contributed by atoms with Crippen LogP contribution in [-0.2, 0) is 4.74 Å². The van der Waals surface area contributed by atoms with Gasteiger partial charge in [0.1, 0.15) is 4.88 Å². The van der Waals surface area contributed by atoms with Crippen LogP contribution in [0.3, 0.4) is 0 Å². The largest absolute Gasteiger partial charge is 0.378 e. The van der Waals surface area contributed by atoms with E-state index >= 15 is 0 Å². The van der Waals surface area contributed by atoms with Crippen LogP contribution in [0.4, 0.5) is 0 Å². The van der Waals surface area contributed by atoms with Gasteiger partial charge in [0, 0.05) is 24.7 Å². The first-order valence-electron chi connectivity index (χ1n) is 4.99. The van der Waals surface area contributed by atoms with E-state index in [9.17, 15) is 4.79 Å². The molecule has 2 rings (SSSR count). The van der Waals surface area contributed by atoms with E-state index in [1.807, 2.05) is 11.4 Å². The summed E-state index contributed by atoms with van der Waals surface area (Å²) < 4.78 is 6.13. The summed E-state index contributed by atoms with van der Waals surface area (Å²) in [6, 6.07) is 1.92. The molecule has 0 radical (unpaired) electrons. The molecule has 17 heavy (non-hydrogen) atoms. The van der Waals surface area contributed by atoms with Crippen molar-refractivity contribution in [2.75, 3.05) is 20.2 Å². The quantitative estimate of drug-likeness (QED) is 0.879. The lowest BCUT2D eigenvalue weighted by Crippen LogP contribution is -2.43. The molecule has 4 nitrogen and oxygen atoms in total. The summed E-state index contributed by atoms with van der Waals surface area (Å²) in [5.41, 5.74) is 0. The minimum absolute atomic E-state index is 0. The van der Waals surface area contributed by atoms with Crippen molar-refractivity contribution in [2.45, 2.75) is 12.1 Å². The maximum Gasteiger partial charge on any atom is 0.262 e. The SMILES string of the molecule is COC1CNCC1NC(=O)c1sccc1Br.Cl. The van der Waals surface area contributed by atoms with Crippen LogP contribution in [-0.4, -0.2) is 38.3 Å². The molecule has 2 heterocycles. The normalized spacial score (nSPS) is 23.2. The second-order valence-corrected chi connectivity index (χ2v) is 5.38. The summed E-state index contributed by atoms with van der Waals surface area (Å²) in [4.78, 5) is 12.6. The molecular weight excluding hydrogens is 328 g/mol. The lowest BCUT2D eigenvalue weighted by atomic mass is 10.2. The van der Waals surface area contributed by atoms with E-state index in [0.29, 0.717) is 4.88 Å². The van der Waals surface area contributed by atoms with Crippen molar-refractivity contribution in [3.05, 3.63) is 20.8 Å². The second-order valence-electron chi connectivity index (χ2n) is 3.61. The van der Waals surface area contributed by atoms with Gasteiger partial charge in [-0.15, -0.1) is 23.7 Å². The lowest BCUT2D eigenvalue weighted by Gasteiger charge is -2.18. The van der Waals surface area contributed by atoms with E-state index in [0.717, 1.165) is 17.6 Å². The maximum atomic E-state index is 11.9. The molecule has 1 aliphatic rings. The Morgan fingerprint density at radius 2 is 2.41 bits per heavy atom. The zero-order valence-corrected chi connectivity index (χ0v) is 12.5. The van der Waals surface area contributed by atoms with E-state index in [2.05, 4.69) is 26.6 Å². The van der Waals surface area contributed by atoms with Gasteiger partial charge in [-0.25, -0.2) is 0 Å². The van der Waals surface area contributed by atoms with E-state index in [1.54, 1.807) is 7.11 Å². The molecule has 1 aromatic rings. The molecule has 1 aliphatic heterocycles. The molecular formula is C10H14BrClN2O2S. The van der Waals surface area contributed by atoms with E-state index in [-0.39, 0.29) is 30.5 Å². The van der Waals surface area contributed by atoms with Crippen LogP contribution < -0.4 is 10.6 Å². The number of rotatable bonds is 3. The van der Waals surface area contributed by atoms with E-state index < -0.39 is 0 Å². The number of carbonyl (C=O) groups excluding carboxylic acids is 1. The molecule has 7 heteroatoms. The van der Waals surface area contributed by atoms with Gasteiger partial charge in [-0.1, -0.05) is 0 Å². The summed E-state index contributed by atoms with van der Waals surface area (Å²) in [7, 11) is 1.66. The molecule has 0 spiro atoms. The smallest absolute Gasteiger partial charge is 0.262 e. The van der Waals surface area contributed by atoms with Gasteiger partial charge in [0.05, 0.1) is 12.1 Å². The van der Waals surface area contributed by atoms with E-state index in [1.165, 1.54) is 11.3 Å². The van der Waals surface area contributed by atoms with Gasteiger partial charge >= 0.3 is 0 Å². The van der Waals surface area contributed by atoms with Crippen LogP contribution in [0.5, 0.6) is 0 Å². The third-order valence-corrected chi connectivity index (χ3v) is 4.44. The highest BCUT2D eigenvalue weighted by atomic mass is 79.9. The first-order valence-corrected chi connectivity index (χ1v) is 6.67. The van der Waals surface area contributed by atoms with Gasteiger partial charge in [0.15, 0.2) is 0 Å². The molecule has 1 fully saturated rings. The van der Waals surface area contributed by atoms with Crippen molar-refractivity contribution < 1.29 is 9.53 Å². The summed E-state index contributed by atoms with van der Waals surface area (Å²) >= 11 is 4.78. The second kappa shape index (κ2) is 6.70. The number of hydrogen-bond donors (Lipinski definition) is 2. The Morgan fingerprint density at radius 3 is 3.00 bits per heavy atom. The molecule has 2 atom stereocenters. The van der Waals surface area contributed by atoms with Crippen molar-refractivity contribution in [1.82, 2.24) is 10.6 Å². The van der Waals surface area contributed by atoms with Gasteiger partial charge in [0.2, 0.25) is 0 Å². The molecule has 0 aromatic carbocycles. The number of methoxy groups -OCH3 is 1. The molecule has 1 saturated heterocycles. The molecule has 0 saturated carbocycles. The van der Waals surface area contributed by atoms with Crippen LogP contribution in [0.2, 0.25) is 0 Å². The fourth-order valence-corrected chi connectivity index (χ4v) is 3.19. The predicted octanol–water partition coefficient (Wildman–Crippen LogP) is 1.65. The van der Waals surface area contributed by atoms with Crippen LogP contribution in [0.15, 0.2) is 15.9 Å². The van der Waals surface area contributed by atoms with Crippen LogP contribution in [0.1, 0.15) is 9.67 Å². The highest BCUT2D eigenvalue weighted by Crippen LogP contribution is 2.22. The molecule has 1 amide bonds. The Morgan fingerprint density at radius 1 is 1.65 bits per heavy atom.